The molecule has 1 aromatic rings. The second-order valence-electron chi connectivity index (χ2n) is 5.77. The van der Waals surface area contributed by atoms with Crippen LogP contribution in [-0.4, -0.2) is 6.04 Å². The van der Waals surface area contributed by atoms with Crippen LogP contribution in [0.15, 0.2) is 24.3 Å². The standard InChI is InChI=1S/C15H24N2/c1-11(2)12-3-5-13(6-4-12)15(17)9-7-14(16)8-10-15/h3-6,11,14H,7-10,16-17H2,1-2H3. The summed E-state index contributed by atoms with van der Waals surface area (Å²) in [7, 11) is 0. The van der Waals surface area contributed by atoms with Gasteiger partial charge in [-0.15, -0.1) is 0 Å². The highest BCUT2D eigenvalue weighted by molar-refractivity contribution is 5.30. The van der Waals surface area contributed by atoms with Gasteiger partial charge in [0.2, 0.25) is 0 Å². The minimum absolute atomic E-state index is 0.147. The first-order valence-corrected chi connectivity index (χ1v) is 6.66. The molecule has 1 aromatic carbocycles. The van der Waals surface area contributed by atoms with Crippen LogP contribution in [0.4, 0.5) is 0 Å². The van der Waals surface area contributed by atoms with Crippen molar-refractivity contribution < 1.29 is 0 Å². The highest BCUT2D eigenvalue weighted by Crippen LogP contribution is 2.34. The monoisotopic (exact) mass is 232 g/mol. The lowest BCUT2D eigenvalue weighted by atomic mass is 9.75. The van der Waals surface area contributed by atoms with Crippen LogP contribution in [0.2, 0.25) is 0 Å². The molecular formula is C15H24N2. The first kappa shape index (κ1) is 12.6. The lowest BCUT2D eigenvalue weighted by Crippen LogP contribution is -2.43. The third kappa shape index (κ3) is 2.70. The Bertz CT molecular complexity index is 359. The number of hydrogen-bond donors (Lipinski definition) is 2. The van der Waals surface area contributed by atoms with E-state index in [0.29, 0.717) is 12.0 Å². The summed E-state index contributed by atoms with van der Waals surface area (Å²) in [6, 6.07) is 9.17. The van der Waals surface area contributed by atoms with Crippen molar-refractivity contribution in [2.45, 2.75) is 57.0 Å². The molecule has 1 aliphatic carbocycles. The molecule has 2 nitrogen and oxygen atoms in total. The van der Waals surface area contributed by atoms with Crippen LogP contribution in [0.1, 0.15) is 56.6 Å². The maximum Gasteiger partial charge on any atom is 0.0410 e. The average molecular weight is 232 g/mol. The Morgan fingerprint density at radius 3 is 2.12 bits per heavy atom. The first-order valence-electron chi connectivity index (χ1n) is 6.66. The number of rotatable bonds is 2. The van der Waals surface area contributed by atoms with Crippen molar-refractivity contribution in [3.05, 3.63) is 35.4 Å². The Morgan fingerprint density at radius 1 is 1.12 bits per heavy atom. The summed E-state index contributed by atoms with van der Waals surface area (Å²) >= 11 is 0. The molecule has 0 bridgehead atoms. The van der Waals surface area contributed by atoms with E-state index in [0.717, 1.165) is 25.7 Å². The van der Waals surface area contributed by atoms with Crippen molar-refractivity contribution in [1.29, 1.82) is 0 Å². The van der Waals surface area contributed by atoms with E-state index in [2.05, 4.69) is 38.1 Å². The van der Waals surface area contributed by atoms with E-state index in [1.54, 1.807) is 0 Å². The minimum Gasteiger partial charge on any atom is -0.328 e. The zero-order valence-corrected chi connectivity index (χ0v) is 10.9. The van der Waals surface area contributed by atoms with Gasteiger partial charge in [0.1, 0.15) is 0 Å². The van der Waals surface area contributed by atoms with Crippen molar-refractivity contribution >= 4 is 0 Å². The van der Waals surface area contributed by atoms with Gasteiger partial charge >= 0.3 is 0 Å². The second-order valence-corrected chi connectivity index (χ2v) is 5.77. The largest absolute Gasteiger partial charge is 0.328 e. The topological polar surface area (TPSA) is 52.0 Å². The molecule has 0 unspecified atom stereocenters. The van der Waals surface area contributed by atoms with E-state index >= 15 is 0 Å². The molecule has 0 aromatic heterocycles. The van der Waals surface area contributed by atoms with Crippen LogP contribution in [0.3, 0.4) is 0 Å². The van der Waals surface area contributed by atoms with Crippen molar-refractivity contribution in [2.24, 2.45) is 11.5 Å². The Balaban J connectivity index is 2.16. The van der Waals surface area contributed by atoms with Crippen LogP contribution >= 0.6 is 0 Å². The van der Waals surface area contributed by atoms with Crippen molar-refractivity contribution in [1.82, 2.24) is 0 Å². The summed E-state index contributed by atoms with van der Waals surface area (Å²) in [5, 5.41) is 0. The van der Waals surface area contributed by atoms with E-state index < -0.39 is 0 Å². The minimum atomic E-state index is -0.147. The van der Waals surface area contributed by atoms with E-state index in [1.807, 2.05) is 0 Å². The molecule has 0 amide bonds. The average Bonchev–Trinajstić information content (AvgIpc) is 2.33. The number of nitrogens with two attached hydrogens (primary N) is 2. The summed E-state index contributed by atoms with van der Waals surface area (Å²) in [6.45, 7) is 4.43. The van der Waals surface area contributed by atoms with Gasteiger partial charge in [-0.3, -0.25) is 0 Å². The van der Waals surface area contributed by atoms with Crippen LogP contribution in [-0.2, 0) is 5.54 Å². The molecule has 2 rings (SSSR count). The molecule has 0 atom stereocenters. The summed E-state index contributed by atoms with van der Waals surface area (Å²) in [5.74, 6) is 0.581. The van der Waals surface area contributed by atoms with Gasteiger partial charge in [0.05, 0.1) is 0 Å². The highest BCUT2D eigenvalue weighted by atomic mass is 14.8. The Labute approximate surface area is 104 Å². The number of benzene rings is 1. The smallest absolute Gasteiger partial charge is 0.0410 e. The molecular weight excluding hydrogens is 208 g/mol. The Kier molecular flexibility index (Phi) is 3.55. The molecule has 1 fully saturated rings. The highest BCUT2D eigenvalue weighted by Gasteiger charge is 2.31. The zero-order chi connectivity index (χ0) is 12.5. The molecule has 17 heavy (non-hydrogen) atoms. The van der Waals surface area contributed by atoms with Crippen molar-refractivity contribution in [3.8, 4) is 0 Å². The summed E-state index contributed by atoms with van der Waals surface area (Å²) in [4.78, 5) is 0. The van der Waals surface area contributed by atoms with Crippen molar-refractivity contribution in [2.75, 3.05) is 0 Å². The molecule has 0 spiro atoms. The van der Waals surface area contributed by atoms with Gasteiger partial charge in [0, 0.05) is 11.6 Å². The maximum absolute atomic E-state index is 6.51. The molecule has 1 saturated carbocycles. The van der Waals surface area contributed by atoms with Crippen LogP contribution in [0.25, 0.3) is 0 Å². The van der Waals surface area contributed by atoms with Crippen molar-refractivity contribution in [3.63, 3.8) is 0 Å². The van der Waals surface area contributed by atoms with Gasteiger partial charge in [0.15, 0.2) is 0 Å². The van der Waals surface area contributed by atoms with E-state index in [1.165, 1.54) is 11.1 Å². The lowest BCUT2D eigenvalue weighted by Gasteiger charge is -2.36. The Morgan fingerprint density at radius 2 is 1.65 bits per heavy atom. The third-order valence-electron chi connectivity index (χ3n) is 4.07. The van der Waals surface area contributed by atoms with Gasteiger partial charge in [0.25, 0.3) is 0 Å². The molecule has 0 aliphatic heterocycles. The fraction of sp³-hybridized carbons (Fsp3) is 0.600. The van der Waals surface area contributed by atoms with Gasteiger partial charge in [-0.25, -0.2) is 0 Å². The normalized spacial score (nSPS) is 29.6. The predicted molar refractivity (Wildman–Crippen MR) is 72.8 cm³/mol. The fourth-order valence-corrected chi connectivity index (χ4v) is 2.64. The molecule has 0 radical (unpaired) electrons. The molecule has 1 aliphatic rings. The molecule has 2 heteroatoms. The molecule has 0 heterocycles. The van der Waals surface area contributed by atoms with Crippen LogP contribution in [0.5, 0.6) is 0 Å². The predicted octanol–water partition coefficient (Wildman–Crippen LogP) is 2.87. The van der Waals surface area contributed by atoms with Gasteiger partial charge in [-0.2, -0.15) is 0 Å². The van der Waals surface area contributed by atoms with E-state index in [9.17, 15) is 0 Å². The second kappa shape index (κ2) is 4.79. The molecule has 4 N–H and O–H groups in total. The van der Waals surface area contributed by atoms with Crippen LogP contribution in [0, 0.1) is 0 Å². The third-order valence-corrected chi connectivity index (χ3v) is 4.07. The fourth-order valence-electron chi connectivity index (χ4n) is 2.64. The summed E-state index contributed by atoms with van der Waals surface area (Å²) < 4.78 is 0. The first-order chi connectivity index (χ1) is 8.01. The van der Waals surface area contributed by atoms with E-state index in [4.69, 9.17) is 11.5 Å². The Hall–Kier alpha value is -0.860. The lowest BCUT2D eigenvalue weighted by molar-refractivity contribution is 0.277. The van der Waals surface area contributed by atoms with Gasteiger partial charge in [-0.1, -0.05) is 38.1 Å². The summed E-state index contributed by atoms with van der Waals surface area (Å²) in [5.41, 5.74) is 15.0. The zero-order valence-electron chi connectivity index (χ0n) is 10.9. The quantitative estimate of drug-likeness (QED) is 0.823. The van der Waals surface area contributed by atoms with Crippen LogP contribution < -0.4 is 11.5 Å². The summed E-state index contributed by atoms with van der Waals surface area (Å²) in [6.07, 6.45) is 4.11. The van der Waals surface area contributed by atoms with Gasteiger partial charge < -0.3 is 11.5 Å². The van der Waals surface area contributed by atoms with Gasteiger partial charge in [-0.05, 0) is 42.7 Å². The molecule has 94 valence electrons. The number of hydrogen-bond acceptors (Lipinski definition) is 2. The molecule has 0 saturated heterocycles. The van der Waals surface area contributed by atoms with E-state index in [-0.39, 0.29) is 5.54 Å². The maximum atomic E-state index is 6.51. The SMILES string of the molecule is CC(C)c1ccc(C2(N)CCC(N)CC2)cc1.